The number of hydrogen-bond donors (Lipinski definition) is 2. The summed E-state index contributed by atoms with van der Waals surface area (Å²) in [5.41, 5.74) is 3.65. The summed E-state index contributed by atoms with van der Waals surface area (Å²) in [6, 6.07) is 11.0. The molecule has 1 aliphatic heterocycles. The van der Waals surface area contributed by atoms with Crippen LogP contribution < -0.4 is 20.1 Å². The topological polar surface area (TPSA) is 89.0 Å². The van der Waals surface area contributed by atoms with Crippen LogP contribution in [0, 0.1) is 13.8 Å². The number of nitrogens with zero attached hydrogens (tertiary/aromatic N) is 1. The first-order valence-corrected chi connectivity index (χ1v) is 9.93. The molecule has 0 aromatic heterocycles. The van der Waals surface area contributed by atoms with E-state index in [2.05, 4.69) is 15.6 Å². The van der Waals surface area contributed by atoms with Crippen molar-refractivity contribution in [3.05, 3.63) is 47.5 Å². The Hall–Kier alpha value is -3.00. The maximum atomic E-state index is 12.4. The lowest BCUT2D eigenvalue weighted by Gasteiger charge is -2.11. The second-order valence-corrected chi connectivity index (χ2v) is 7.79. The molecule has 1 fully saturated rings. The van der Waals surface area contributed by atoms with E-state index in [0.717, 1.165) is 11.3 Å². The molecule has 1 atom stereocenters. The summed E-state index contributed by atoms with van der Waals surface area (Å²) < 4.78 is 10.4. The van der Waals surface area contributed by atoms with Gasteiger partial charge in [-0.3, -0.25) is 9.59 Å². The Morgan fingerprint density at radius 3 is 2.55 bits per heavy atom. The summed E-state index contributed by atoms with van der Waals surface area (Å²) in [6.45, 7) is 4.05. The lowest BCUT2D eigenvalue weighted by molar-refractivity contribution is -0.122. The van der Waals surface area contributed by atoms with Crippen molar-refractivity contribution < 1.29 is 19.1 Å². The lowest BCUT2D eigenvalue weighted by atomic mass is 10.1. The van der Waals surface area contributed by atoms with Crippen molar-refractivity contribution in [3.8, 4) is 11.5 Å². The SMILES string of the molecule is COc1ccc(NC(=O)C[C@H]2SC(=Nc3ccc(C)c(C)c3)NC2=O)cc1OC. The van der Waals surface area contributed by atoms with Crippen molar-refractivity contribution in [3.63, 3.8) is 0 Å². The van der Waals surface area contributed by atoms with Crippen molar-refractivity contribution in [2.45, 2.75) is 25.5 Å². The zero-order chi connectivity index (χ0) is 21.0. The number of nitrogens with one attached hydrogen (secondary N) is 2. The Morgan fingerprint density at radius 2 is 1.86 bits per heavy atom. The number of amidine groups is 1. The van der Waals surface area contributed by atoms with E-state index in [1.807, 2.05) is 32.0 Å². The predicted molar refractivity (Wildman–Crippen MR) is 115 cm³/mol. The molecule has 1 heterocycles. The number of aryl methyl sites for hydroxylation is 2. The second kappa shape index (κ2) is 9.00. The van der Waals surface area contributed by atoms with Gasteiger partial charge in [0.05, 0.1) is 19.9 Å². The molecule has 1 saturated heterocycles. The van der Waals surface area contributed by atoms with Crippen LogP contribution in [0.25, 0.3) is 0 Å². The number of hydrogen-bond acceptors (Lipinski definition) is 6. The van der Waals surface area contributed by atoms with Gasteiger partial charge in [-0.25, -0.2) is 4.99 Å². The molecule has 0 spiro atoms. The van der Waals surface area contributed by atoms with Crippen molar-refractivity contribution in [2.75, 3.05) is 19.5 Å². The zero-order valence-electron chi connectivity index (χ0n) is 16.7. The molecule has 1 aliphatic rings. The second-order valence-electron chi connectivity index (χ2n) is 6.60. The fourth-order valence-corrected chi connectivity index (χ4v) is 3.79. The average molecular weight is 413 g/mol. The highest BCUT2D eigenvalue weighted by Gasteiger charge is 2.32. The van der Waals surface area contributed by atoms with E-state index < -0.39 is 5.25 Å². The van der Waals surface area contributed by atoms with Crippen molar-refractivity contribution in [1.29, 1.82) is 0 Å². The minimum atomic E-state index is -0.527. The van der Waals surface area contributed by atoms with E-state index in [-0.39, 0.29) is 18.2 Å². The molecule has 29 heavy (non-hydrogen) atoms. The number of amides is 2. The third-order valence-electron chi connectivity index (χ3n) is 4.54. The molecule has 0 aliphatic carbocycles. The maximum Gasteiger partial charge on any atom is 0.240 e. The van der Waals surface area contributed by atoms with E-state index in [9.17, 15) is 9.59 Å². The van der Waals surface area contributed by atoms with Gasteiger partial charge in [-0.15, -0.1) is 0 Å². The highest BCUT2D eigenvalue weighted by Crippen LogP contribution is 2.30. The van der Waals surface area contributed by atoms with Gasteiger partial charge in [-0.1, -0.05) is 17.8 Å². The largest absolute Gasteiger partial charge is 0.493 e. The Bertz CT molecular complexity index is 974. The number of carbonyl (C=O) groups is 2. The summed E-state index contributed by atoms with van der Waals surface area (Å²) in [6.07, 6.45) is 0.0385. The maximum absolute atomic E-state index is 12.4. The molecule has 3 rings (SSSR count). The molecule has 2 amide bonds. The summed E-state index contributed by atoms with van der Waals surface area (Å²) in [5, 5.41) is 5.51. The third kappa shape index (κ3) is 5.08. The third-order valence-corrected chi connectivity index (χ3v) is 5.62. The van der Waals surface area contributed by atoms with E-state index in [1.54, 1.807) is 25.3 Å². The number of anilines is 1. The zero-order valence-corrected chi connectivity index (χ0v) is 17.6. The van der Waals surface area contributed by atoms with Crippen molar-refractivity contribution in [2.24, 2.45) is 4.99 Å². The van der Waals surface area contributed by atoms with E-state index in [0.29, 0.717) is 22.4 Å². The predicted octanol–water partition coefficient (Wildman–Crippen LogP) is 3.57. The number of benzene rings is 2. The lowest BCUT2D eigenvalue weighted by Crippen LogP contribution is -2.28. The molecule has 0 bridgehead atoms. The molecule has 2 aromatic rings. The standard InChI is InChI=1S/C21H23N3O4S/c1-12-5-6-14(9-13(12)2)23-21-24-20(26)18(29-21)11-19(25)22-15-7-8-16(27-3)17(10-15)28-4/h5-10,18H,11H2,1-4H3,(H,22,25)(H,23,24,26)/t18-/m1/s1. The number of aliphatic imine (C=N–C) groups is 1. The van der Waals surface area contributed by atoms with Crippen LogP contribution in [-0.4, -0.2) is 36.5 Å². The van der Waals surface area contributed by atoms with Crippen LogP contribution in [-0.2, 0) is 9.59 Å². The van der Waals surface area contributed by atoms with Crippen LogP contribution >= 0.6 is 11.8 Å². The first-order chi connectivity index (χ1) is 13.9. The summed E-state index contributed by atoms with van der Waals surface area (Å²) in [5.74, 6) is 0.599. The van der Waals surface area contributed by atoms with Gasteiger partial charge in [0.1, 0.15) is 5.25 Å². The van der Waals surface area contributed by atoms with E-state index in [4.69, 9.17) is 9.47 Å². The van der Waals surface area contributed by atoms with Gasteiger partial charge in [-0.05, 0) is 49.2 Å². The summed E-state index contributed by atoms with van der Waals surface area (Å²) in [7, 11) is 3.07. The van der Waals surface area contributed by atoms with Crippen LogP contribution in [0.15, 0.2) is 41.4 Å². The number of rotatable bonds is 6. The Labute approximate surface area is 173 Å². The van der Waals surface area contributed by atoms with Crippen molar-refractivity contribution in [1.82, 2.24) is 5.32 Å². The minimum absolute atomic E-state index is 0.0385. The van der Waals surface area contributed by atoms with E-state index >= 15 is 0 Å². The average Bonchev–Trinajstić information content (AvgIpc) is 3.03. The van der Waals surface area contributed by atoms with Gasteiger partial charge < -0.3 is 20.1 Å². The van der Waals surface area contributed by atoms with Crippen LogP contribution in [0.2, 0.25) is 0 Å². The number of methoxy groups -OCH3 is 2. The Kier molecular flexibility index (Phi) is 6.43. The Balaban J connectivity index is 1.63. The molecule has 0 radical (unpaired) electrons. The van der Waals surface area contributed by atoms with Gasteiger partial charge >= 0.3 is 0 Å². The Morgan fingerprint density at radius 1 is 1.10 bits per heavy atom. The molecule has 0 unspecified atom stereocenters. The quantitative estimate of drug-likeness (QED) is 0.756. The van der Waals surface area contributed by atoms with Crippen LogP contribution in [0.5, 0.6) is 11.5 Å². The van der Waals surface area contributed by atoms with Crippen LogP contribution in [0.1, 0.15) is 17.5 Å². The fraction of sp³-hybridized carbons (Fsp3) is 0.286. The van der Waals surface area contributed by atoms with Gasteiger partial charge in [0.2, 0.25) is 11.8 Å². The normalized spacial score (nSPS) is 17.2. The highest BCUT2D eigenvalue weighted by molar-refractivity contribution is 8.15. The van der Waals surface area contributed by atoms with E-state index in [1.165, 1.54) is 24.4 Å². The molecule has 2 aromatic carbocycles. The van der Waals surface area contributed by atoms with Crippen LogP contribution in [0.4, 0.5) is 11.4 Å². The highest BCUT2D eigenvalue weighted by atomic mass is 32.2. The van der Waals surface area contributed by atoms with Crippen molar-refractivity contribution >= 4 is 40.1 Å². The molecule has 0 saturated carbocycles. The number of thioether (sulfide) groups is 1. The smallest absolute Gasteiger partial charge is 0.240 e. The summed E-state index contributed by atoms with van der Waals surface area (Å²) >= 11 is 1.26. The molecule has 8 heteroatoms. The van der Waals surface area contributed by atoms with Gasteiger partial charge in [-0.2, -0.15) is 0 Å². The molecule has 7 nitrogen and oxygen atoms in total. The number of ether oxygens (including phenoxy) is 2. The molecule has 152 valence electrons. The fourth-order valence-electron chi connectivity index (χ4n) is 2.80. The minimum Gasteiger partial charge on any atom is -0.493 e. The van der Waals surface area contributed by atoms with Gasteiger partial charge in [0.25, 0.3) is 0 Å². The molecular formula is C21H23N3O4S. The summed E-state index contributed by atoms with van der Waals surface area (Å²) in [4.78, 5) is 29.1. The van der Waals surface area contributed by atoms with Gasteiger partial charge in [0, 0.05) is 18.2 Å². The van der Waals surface area contributed by atoms with Crippen LogP contribution in [0.3, 0.4) is 0 Å². The first-order valence-electron chi connectivity index (χ1n) is 9.05. The monoisotopic (exact) mass is 413 g/mol. The van der Waals surface area contributed by atoms with Gasteiger partial charge in [0.15, 0.2) is 16.7 Å². The number of carbonyl (C=O) groups excluding carboxylic acids is 2. The first kappa shape index (κ1) is 20.7. The molecular weight excluding hydrogens is 390 g/mol. The molecule has 2 N–H and O–H groups in total.